The van der Waals surface area contributed by atoms with Gasteiger partial charge in [0.1, 0.15) is 12.2 Å². The molecule has 0 N–H and O–H groups in total. The molecule has 0 aliphatic heterocycles. The Labute approximate surface area is 86.6 Å². The van der Waals surface area contributed by atoms with Crippen LogP contribution in [0.15, 0.2) is 35.0 Å². The third-order valence-corrected chi connectivity index (χ3v) is 2.05. The molecule has 0 aliphatic carbocycles. The molecule has 1 atom stereocenters. The van der Waals surface area contributed by atoms with Gasteiger partial charge in [-0.3, -0.25) is 4.99 Å². The minimum absolute atomic E-state index is 0.520. The first-order chi connectivity index (χ1) is 6.61. The Morgan fingerprint density at radius 2 is 2.21 bits per heavy atom. The summed E-state index contributed by atoms with van der Waals surface area (Å²) in [7, 11) is 1.96. The van der Waals surface area contributed by atoms with Gasteiger partial charge in [-0.25, -0.2) is 4.99 Å². The summed E-state index contributed by atoms with van der Waals surface area (Å²) in [6.07, 6.45) is 4.40. The summed E-state index contributed by atoms with van der Waals surface area (Å²) < 4.78 is 0. The Morgan fingerprint density at radius 1 is 1.57 bits per heavy atom. The van der Waals surface area contributed by atoms with Gasteiger partial charge in [0.25, 0.3) is 0 Å². The number of nitrogens with zero attached hydrogens (tertiary/aromatic N) is 3. The van der Waals surface area contributed by atoms with Gasteiger partial charge in [-0.1, -0.05) is 19.6 Å². The van der Waals surface area contributed by atoms with Crippen molar-refractivity contribution < 1.29 is 0 Å². The van der Waals surface area contributed by atoms with Crippen LogP contribution in [0.1, 0.15) is 13.3 Å². The highest BCUT2D eigenvalue weighted by molar-refractivity contribution is 5.62. The van der Waals surface area contributed by atoms with E-state index in [1.807, 2.05) is 18.0 Å². The van der Waals surface area contributed by atoms with Crippen molar-refractivity contribution in [2.24, 2.45) is 15.9 Å². The number of hydrogen-bond donors (Lipinski definition) is 0. The molecule has 0 aromatic carbocycles. The van der Waals surface area contributed by atoms with Crippen LogP contribution in [0.2, 0.25) is 0 Å². The average Bonchev–Trinajstić information content (AvgIpc) is 2.21. The average molecular weight is 193 g/mol. The molecule has 3 heteroatoms. The Hall–Kier alpha value is -1.38. The molecular weight excluding hydrogens is 174 g/mol. The summed E-state index contributed by atoms with van der Waals surface area (Å²) in [5.74, 6) is 1.22. The summed E-state index contributed by atoms with van der Waals surface area (Å²) >= 11 is 0. The van der Waals surface area contributed by atoms with Crippen LogP contribution in [0.25, 0.3) is 0 Å². The molecule has 0 heterocycles. The highest BCUT2D eigenvalue weighted by atomic mass is 15.2. The molecule has 0 aliphatic rings. The van der Waals surface area contributed by atoms with E-state index in [0.29, 0.717) is 11.7 Å². The van der Waals surface area contributed by atoms with Crippen LogP contribution in [0, 0.1) is 5.92 Å². The topological polar surface area (TPSA) is 28.0 Å². The number of hydrogen-bond acceptors (Lipinski definition) is 2. The van der Waals surface area contributed by atoms with Crippen molar-refractivity contribution in [2.45, 2.75) is 13.3 Å². The van der Waals surface area contributed by atoms with Crippen molar-refractivity contribution in [2.75, 3.05) is 13.6 Å². The molecule has 0 spiro atoms. The second kappa shape index (κ2) is 7.06. The fourth-order valence-electron chi connectivity index (χ4n) is 0.850. The van der Waals surface area contributed by atoms with Gasteiger partial charge < -0.3 is 4.90 Å². The molecule has 0 fully saturated rings. The van der Waals surface area contributed by atoms with Crippen LogP contribution in [-0.2, 0) is 0 Å². The quantitative estimate of drug-likeness (QED) is 0.346. The molecule has 0 amide bonds. The number of allylic oxidation sites excluding steroid dienone is 1. The molecule has 0 aromatic rings. The summed E-state index contributed by atoms with van der Waals surface area (Å²) in [5.41, 5.74) is 0. The maximum Gasteiger partial charge on any atom is 0.122 e. The molecule has 14 heavy (non-hydrogen) atoms. The zero-order chi connectivity index (χ0) is 11.0. The standard InChI is InChI=1S/C11H19N3/c1-6-10(2)7-8-14(5)11(3)13-9-12-4/h6,9-10H,1,3-4,7-8H2,2,5H3. The lowest BCUT2D eigenvalue weighted by Gasteiger charge is -2.19. The van der Waals surface area contributed by atoms with Crippen LogP contribution in [-0.4, -0.2) is 31.5 Å². The van der Waals surface area contributed by atoms with Crippen LogP contribution in [0.5, 0.6) is 0 Å². The third-order valence-electron chi connectivity index (χ3n) is 2.05. The van der Waals surface area contributed by atoms with Gasteiger partial charge in [0.2, 0.25) is 0 Å². The number of rotatable bonds is 7. The first-order valence-corrected chi connectivity index (χ1v) is 4.62. The minimum Gasteiger partial charge on any atom is -0.360 e. The van der Waals surface area contributed by atoms with Crippen molar-refractivity contribution in [3.8, 4) is 0 Å². The molecule has 78 valence electrons. The van der Waals surface area contributed by atoms with Crippen molar-refractivity contribution in [1.82, 2.24) is 4.90 Å². The van der Waals surface area contributed by atoms with Gasteiger partial charge in [0.15, 0.2) is 0 Å². The van der Waals surface area contributed by atoms with Gasteiger partial charge in [0, 0.05) is 13.6 Å². The van der Waals surface area contributed by atoms with Crippen LogP contribution >= 0.6 is 0 Å². The van der Waals surface area contributed by atoms with E-state index in [1.54, 1.807) is 0 Å². The lowest BCUT2D eigenvalue weighted by Crippen LogP contribution is -2.18. The summed E-state index contributed by atoms with van der Waals surface area (Å²) in [6, 6.07) is 0. The second-order valence-electron chi connectivity index (χ2n) is 3.27. The Bertz CT molecular complexity index is 231. The molecule has 0 radical (unpaired) electrons. The van der Waals surface area contributed by atoms with E-state index in [4.69, 9.17) is 0 Å². The molecule has 0 bridgehead atoms. The third kappa shape index (κ3) is 5.30. The SMILES string of the molecule is C=CC(C)CCN(C)C(=C)N=CN=C. The van der Waals surface area contributed by atoms with Crippen molar-refractivity contribution in [3.05, 3.63) is 25.1 Å². The monoisotopic (exact) mass is 193 g/mol. The van der Waals surface area contributed by atoms with Gasteiger partial charge >= 0.3 is 0 Å². The van der Waals surface area contributed by atoms with Gasteiger partial charge in [-0.05, 0) is 19.1 Å². The first-order valence-electron chi connectivity index (χ1n) is 4.62. The summed E-state index contributed by atoms with van der Waals surface area (Å²) in [5, 5.41) is 0. The van der Waals surface area contributed by atoms with Crippen molar-refractivity contribution in [3.63, 3.8) is 0 Å². The second-order valence-corrected chi connectivity index (χ2v) is 3.27. The van der Waals surface area contributed by atoms with Crippen molar-refractivity contribution in [1.29, 1.82) is 0 Å². The number of aliphatic imine (C=N–C) groups is 2. The highest BCUT2D eigenvalue weighted by Gasteiger charge is 2.02. The maximum absolute atomic E-state index is 4.00. The van der Waals surface area contributed by atoms with E-state index in [2.05, 4.69) is 36.8 Å². The van der Waals surface area contributed by atoms with E-state index in [0.717, 1.165) is 13.0 Å². The van der Waals surface area contributed by atoms with E-state index in [1.165, 1.54) is 6.34 Å². The Morgan fingerprint density at radius 3 is 2.71 bits per heavy atom. The van der Waals surface area contributed by atoms with E-state index >= 15 is 0 Å². The lowest BCUT2D eigenvalue weighted by atomic mass is 10.1. The molecule has 3 nitrogen and oxygen atoms in total. The Balaban J connectivity index is 3.89. The van der Waals surface area contributed by atoms with E-state index in [9.17, 15) is 0 Å². The van der Waals surface area contributed by atoms with Crippen LogP contribution in [0.4, 0.5) is 0 Å². The lowest BCUT2D eigenvalue weighted by molar-refractivity contribution is 0.386. The van der Waals surface area contributed by atoms with Gasteiger partial charge in [0.05, 0.1) is 0 Å². The van der Waals surface area contributed by atoms with Crippen LogP contribution < -0.4 is 0 Å². The highest BCUT2D eigenvalue weighted by Crippen LogP contribution is 2.07. The summed E-state index contributed by atoms with van der Waals surface area (Å²) in [4.78, 5) is 9.51. The normalized spacial score (nSPS) is 12.4. The van der Waals surface area contributed by atoms with E-state index in [-0.39, 0.29) is 0 Å². The predicted molar refractivity (Wildman–Crippen MR) is 63.8 cm³/mol. The first kappa shape index (κ1) is 12.6. The van der Waals surface area contributed by atoms with E-state index < -0.39 is 0 Å². The smallest absolute Gasteiger partial charge is 0.122 e. The van der Waals surface area contributed by atoms with Gasteiger partial charge in [-0.2, -0.15) is 0 Å². The molecule has 1 unspecified atom stereocenters. The van der Waals surface area contributed by atoms with Crippen molar-refractivity contribution >= 4 is 13.1 Å². The van der Waals surface area contributed by atoms with Crippen LogP contribution in [0.3, 0.4) is 0 Å². The predicted octanol–water partition coefficient (Wildman–Crippen LogP) is 2.33. The minimum atomic E-state index is 0.520. The zero-order valence-corrected chi connectivity index (χ0v) is 9.11. The Kier molecular flexibility index (Phi) is 6.37. The molecular formula is C11H19N3. The fourth-order valence-corrected chi connectivity index (χ4v) is 0.850. The molecule has 0 rings (SSSR count). The fraction of sp³-hybridized carbons (Fsp3) is 0.455. The summed E-state index contributed by atoms with van der Waals surface area (Å²) in [6.45, 7) is 13.9. The largest absolute Gasteiger partial charge is 0.360 e. The molecule has 0 aromatic heterocycles. The molecule has 0 saturated carbocycles. The maximum atomic E-state index is 4.00. The zero-order valence-electron chi connectivity index (χ0n) is 9.11. The van der Waals surface area contributed by atoms with Gasteiger partial charge in [-0.15, -0.1) is 6.58 Å². The molecule has 0 saturated heterocycles.